The number of aromatic nitrogens is 2. The zero-order chi connectivity index (χ0) is 12.1. The Morgan fingerprint density at radius 3 is 2.59 bits per heavy atom. The van der Waals surface area contributed by atoms with Gasteiger partial charge in [0, 0.05) is 5.92 Å². The molecule has 2 rings (SSSR count). The van der Waals surface area contributed by atoms with Crippen molar-refractivity contribution in [1.29, 1.82) is 0 Å². The number of rotatable bonds is 5. The van der Waals surface area contributed by atoms with Crippen LogP contribution in [0.2, 0.25) is 0 Å². The molecule has 2 unspecified atom stereocenters. The number of nitrogens with zero attached hydrogens (tertiary/aromatic N) is 1. The van der Waals surface area contributed by atoms with Crippen LogP contribution in [0.1, 0.15) is 31.9 Å². The zero-order valence-corrected chi connectivity index (χ0v) is 10.6. The summed E-state index contributed by atoms with van der Waals surface area (Å²) in [7, 11) is 0. The highest BCUT2D eigenvalue weighted by Crippen LogP contribution is 2.20. The molecule has 1 aromatic heterocycles. The molecule has 0 aliphatic carbocycles. The first-order valence-corrected chi connectivity index (χ1v) is 6.38. The molecule has 2 atom stereocenters. The lowest BCUT2D eigenvalue weighted by molar-refractivity contribution is -0.725. The van der Waals surface area contributed by atoms with E-state index in [1.54, 1.807) is 0 Å². The molecule has 2 heteroatoms. The van der Waals surface area contributed by atoms with Crippen molar-refractivity contribution in [3.63, 3.8) is 0 Å². The Labute approximate surface area is 103 Å². The SMILES string of the molecule is CCC(Cc1ccccc1)C(C)[n+]1cc[nH]c1. The highest BCUT2D eigenvalue weighted by Gasteiger charge is 2.20. The van der Waals surface area contributed by atoms with E-state index in [1.807, 2.05) is 12.5 Å². The fourth-order valence-electron chi connectivity index (χ4n) is 2.37. The van der Waals surface area contributed by atoms with Gasteiger partial charge >= 0.3 is 0 Å². The molecule has 0 aliphatic rings. The fraction of sp³-hybridized carbons (Fsp3) is 0.400. The van der Waals surface area contributed by atoms with Gasteiger partial charge in [0.15, 0.2) is 0 Å². The van der Waals surface area contributed by atoms with Crippen molar-refractivity contribution in [1.82, 2.24) is 4.98 Å². The lowest BCUT2D eigenvalue weighted by Gasteiger charge is -2.20. The first kappa shape index (κ1) is 11.9. The maximum absolute atomic E-state index is 3.12. The molecule has 0 fully saturated rings. The van der Waals surface area contributed by atoms with Crippen molar-refractivity contribution in [2.24, 2.45) is 5.92 Å². The first-order valence-electron chi connectivity index (χ1n) is 6.38. The van der Waals surface area contributed by atoms with Gasteiger partial charge < -0.3 is 0 Å². The molecular formula is C15H21N2+. The standard InChI is InChI=1S/C15H20N2/c1-3-15(11-14-7-5-4-6-8-14)13(2)17-10-9-16-12-17/h4-10,12-13,15H,3,11H2,1-2H3/p+1. The quantitative estimate of drug-likeness (QED) is 0.760. The minimum atomic E-state index is 0.534. The van der Waals surface area contributed by atoms with Gasteiger partial charge in [-0.25, -0.2) is 4.57 Å². The van der Waals surface area contributed by atoms with E-state index >= 15 is 0 Å². The monoisotopic (exact) mass is 229 g/mol. The molecule has 0 saturated heterocycles. The number of nitrogens with one attached hydrogen (secondary N) is 1. The second kappa shape index (κ2) is 5.67. The molecule has 90 valence electrons. The second-order valence-corrected chi connectivity index (χ2v) is 4.66. The number of hydrogen-bond acceptors (Lipinski definition) is 0. The lowest BCUT2D eigenvalue weighted by Crippen LogP contribution is -2.40. The van der Waals surface area contributed by atoms with E-state index in [1.165, 1.54) is 12.0 Å². The number of hydrogen-bond donors (Lipinski definition) is 1. The second-order valence-electron chi connectivity index (χ2n) is 4.66. The number of benzene rings is 1. The average molecular weight is 229 g/mol. The maximum atomic E-state index is 3.12. The maximum Gasteiger partial charge on any atom is 0.241 e. The number of imidazole rings is 1. The van der Waals surface area contributed by atoms with Crippen LogP contribution in [-0.2, 0) is 6.42 Å². The van der Waals surface area contributed by atoms with E-state index in [0.29, 0.717) is 12.0 Å². The van der Waals surface area contributed by atoms with Gasteiger partial charge in [-0.1, -0.05) is 37.3 Å². The average Bonchev–Trinajstić information content (AvgIpc) is 2.90. The van der Waals surface area contributed by atoms with Crippen LogP contribution in [0.5, 0.6) is 0 Å². The van der Waals surface area contributed by atoms with Gasteiger partial charge in [0.25, 0.3) is 0 Å². The molecule has 1 heterocycles. The van der Waals surface area contributed by atoms with Gasteiger partial charge in [0.1, 0.15) is 18.4 Å². The topological polar surface area (TPSA) is 19.7 Å². The Balaban J connectivity index is 2.07. The van der Waals surface area contributed by atoms with Crippen molar-refractivity contribution in [2.45, 2.75) is 32.7 Å². The molecule has 0 aliphatic heterocycles. The zero-order valence-electron chi connectivity index (χ0n) is 10.6. The number of aromatic amines is 1. The summed E-state index contributed by atoms with van der Waals surface area (Å²) in [6, 6.07) is 11.3. The Kier molecular flexibility index (Phi) is 3.97. The van der Waals surface area contributed by atoms with Crippen molar-refractivity contribution >= 4 is 0 Å². The van der Waals surface area contributed by atoms with Crippen molar-refractivity contribution in [3.8, 4) is 0 Å². The predicted molar refractivity (Wildman–Crippen MR) is 69.6 cm³/mol. The summed E-state index contributed by atoms with van der Waals surface area (Å²) in [6.45, 7) is 4.57. The highest BCUT2D eigenvalue weighted by molar-refractivity contribution is 5.15. The molecule has 0 radical (unpaired) electrons. The van der Waals surface area contributed by atoms with E-state index in [2.05, 4.69) is 59.9 Å². The van der Waals surface area contributed by atoms with E-state index in [4.69, 9.17) is 0 Å². The Morgan fingerprint density at radius 2 is 2.00 bits per heavy atom. The molecule has 2 nitrogen and oxygen atoms in total. The Bertz CT molecular complexity index is 419. The van der Waals surface area contributed by atoms with Gasteiger partial charge in [0.2, 0.25) is 6.33 Å². The van der Waals surface area contributed by atoms with E-state index in [0.717, 1.165) is 6.42 Å². The largest absolute Gasteiger partial charge is 0.250 e. The van der Waals surface area contributed by atoms with Crippen molar-refractivity contribution < 1.29 is 4.57 Å². The Morgan fingerprint density at radius 1 is 1.24 bits per heavy atom. The van der Waals surface area contributed by atoms with E-state index < -0.39 is 0 Å². The van der Waals surface area contributed by atoms with Crippen LogP contribution in [0.25, 0.3) is 0 Å². The van der Waals surface area contributed by atoms with Crippen LogP contribution in [0.3, 0.4) is 0 Å². The molecule has 0 saturated carbocycles. The highest BCUT2D eigenvalue weighted by atomic mass is 15.0. The minimum absolute atomic E-state index is 0.534. The molecule has 1 aromatic carbocycles. The van der Waals surface area contributed by atoms with Gasteiger partial charge in [-0.15, -0.1) is 0 Å². The summed E-state index contributed by atoms with van der Waals surface area (Å²) in [5.41, 5.74) is 1.43. The molecule has 2 aromatic rings. The molecular weight excluding hydrogens is 208 g/mol. The molecule has 0 spiro atoms. The normalized spacial score (nSPS) is 14.5. The third-order valence-electron chi connectivity index (χ3n) is 3.58. The summed E-state index contributed by atoms with van der Waals surface area (Å²) in [5, 5.41) is 0. The first-order chi connectivity index (χ1) is 8.31. The summed E-state index contributed by atoms with van der Waals surface area (Å²) < 4.78 is 2.26. The third-order valence-corrected chi connectivity index (χ3v) is 3.58. The van der Waals surface area contributed by atoms with Gasteiger partial charge in [-0.05, 0) is 25.3 Å². The van der Waals surface area contributed by atoms with Crippen LogP contribution in [-0.4, -0.2) is 4.98 Å². The van der Waals surface area contributed by atoms with E-state index in [-0.39, 0.29) is 0 Å². The van der Waals surface area contributed by atoms with Crippen LogP contribution in [0.4, 0.5) is 0 Å². The molecule has 0 amide bonds. The summed E-state index contributed by atoms with van der Waals surface area (Å²) in [4.78, 5) is 3.12. The van der Waals surface area contributed by atoms with E-state index in [9.17, 15) is 0 Å². The smallest absolute Gasteiger partial charge is 0.241 e. The molecule has 1 N–H and O–H groups in total. The van der Waals surface area contributed by atoms with Crippen LogP contribution < -0.4 is 4.57 Å². The fourth-order valence-corrected chi connectivity index (χ4v) is 2.37. The molecule has 17 heavy (non-hydrogen) atoms. The van der Waals surface area contributed by atoms with Crippen molar-refractivity contribution in [2.75, 3.05) is 0 Å². The van der Waals surface area contributed by atoms with Crippen molar-refractivity contribution in [3.05, 3.63) is 54.6 Å². The van der Waals surface area contributed by atoms with Crippen LogP contribution in [0.15, 0.2) is 49.1 Å². The van der Waals surface area contributed by atoms with Crippen LogP contribution in [0, 0.1) is 5.92 Å². The van der Waals surface area contributed by atoms with Gasteiger partial charge in [0.05, 0.1) is 0 Å². The summed E-state index contributed by atoms with van der Waals surface area (Å²) in [6.07, 6.45) is 8.48. The Hall–Kier alpha value is -1.57. The van der Waals surface area contributed by atoms with Crippen LogP contribution >= 0.6 is 0 Å². The summed E-state index contributed by atoms with van der Waals surface area (Å²) >= 11 is 0. The minimum Gasteiger partial charge on any atom is -0.250 e. The predicted octanol–water partition coefficient (Wildman–Crippen LogP) is 3.13. The van der Waals surface area contributed by atoms with Gasteiger partial charge in [-0.2, -0.15) is 0 Å². The third kappa shape index (κ3) is 2.96. The molecule has 0 bridgehead atoms. The number of H-pyrrole nitrogens is 1. The van der Waals surface area contributed by atoms with Gasteiger partial charge in [-0.3, -0.25) is 4.98 Å². The summed E-state index contributed by atoms with van der Waals surface area (Å²) in [5.74, 6) is 0.679. The lowest BCUT2D eigenvalue weighted by atomic mass is 9.91.